The van der Waals surface area contributed by atoms with Crippen LogP contribution in [0.4, 0.5) is 0 Å². The van der Waals surface area contributed by atoms with Crippen LogP contribution in [0.3, 0.4) is 0 Å². The molecule has 24 heavy (non-hydrogen) atoms. The van der Waals surface area contributed by atoms with Crippen molar-refractivity contribution in [3.05, 3.63) is 29.8 Å². The number of benzene rings is 1. The van der Waals surface area contributed by atoms with E-state index < -0.39 is 9.84 Å². The monoisotopic (exact) mass is 353 g/mol. The van der Waals surface area contributed by atoms with E-state index in [1.807, 2.05) is 18.2 Å². The van der Waals surface area contributed by atoms with E-state index in [-0.39, 0.29) is 17.5 Å². The molecule has 0 amide bonds. The van der Waals surface area contributed by atoms with E-state index in [1.54, 1.807) is 7.05 Å². The quantitative estimate of drug-likeness (QED) is 0.461. The molecule has 1 heterocycles. The standard InChI is InChI=1S/C17H27N3O3S/c1-13(2)15-6-4-5-7-16(15)23-10-9-19-17(18-3)20-14-8-11-24(21,22)12-14/h4-7,13-14H,8-12H2,1-3H3,(H2,18,19,20). The van der Waals surface area contributed by atoms with Crippen molar-refractivity contribution in [2.24, 2.45) is 4.99 Å². The van der Waals surface area contributed by atoms with Crippen LogP contribution in [0.15, 0.2) is 29.3 Å². The van der Waals surface area contributed by atoms with Crippen LogP contribution in [0.1, 0.15) is 31.7 Å². The highest BCUT2D eigenvalue weighted by atomic mass is 32.2. The number of nitrogens with zero attached hydrogens (tertiary/aromatic N) is 1. The van der Waals surface area contributed by atoms with Crippen LogP contribution in [0, 0.1) is 0 Å². The third kappa shape index (κ3) is 5.40. The van der Waals surface area contributed by atoms with Crippen molar-refractivity contribution in [3.63, 3.8) is 0 Å². The highest BCUT2D eigenvalue weighted by molar-refractivity contribution is 7.91. The fourth-order valence-corrected chi connectivity index (χ4v) is 4.39. The van der Waals surface area contributed by atoms with Gasteiger partial charge in [0.2, 0.25) is 0 Å². The average Bonchev–Trinajstić information content (AvgIpc) is 2.89. The van der Waals surface area contributed by atoms with E-state index >= 15 is 0 Å². The van der Waals surface area contributed by atoms with Crippen molar-refractivity contribution in [2.75, 3.05) is 31.7 Å². The van der Waals surface area contributed by atoms with Gasteiger partial charge in [-0.05, 0) is 24.0 Å². The van der Waals surface area contributed by atoms with Crippen LogP contribution in [0.2, 0.25) is 0 Å². The van der Waals surface area contributed by atoms with Crippen molar-refractivity contribution in [2.45, 2.75) is 32.2 Å². The minimum Gasteiger partial charge on any atom is -0.491 e. The van der Waals surface area contributed by atoms with Crippen LogP contribution in [-0.2, 0) is 9.84 Å². The molecule has 0 aliphatic carbocycles. The number of para-hydroxylation sites is 1. The molecule has 0 spiro atoms. The highest BCUT2D eigenvalue weighted by Gasteiger charge is 2.28. The summed E-state index contributed by atoms with van der Waals surface area (Å²) in [5.74, 6) is 2.34. The predicted octanol–water partition coefficient (Wildman–Crippen LogP) is 1.54. The van der Waals surface area contributed by atoms with E-state index in [0.29, 0.717) is 31.4 Å². The zero-order valence-corrected chi connectivity index (χ0v) is 15.4. The van der Waals surface area contributed by atoms with Gasteiger partial charge >= 0.3 is 0 Å². The minimum atomic E-state index is -2.89. The molecule has 1 aliphatic heterocycles. The number of aliphatic imine (C=N–C) groups is 1. The summed E-state index contributed by atoms with van der Waals surface area (Å²) in [6.07, 6.45) is 0.626. The number of ether oxygens (including phenoxy) is 1. The second kappa shape index (κ2) is 8.37. The van der Waals surface area contributed by atoms with Gasteiger partial charge in [0.25, 0.3) is 0 Å². The number of sulfone groups is 1. The Labute approximate surface area is 144 Å². The van der Waals surface area contributed by atoms with Crippen LogP contribution in [-0.4, -0.2) is 52.1 Å². The zero-order valence-electron chi connectivity index (χ0n) is 14.6. The van der Waals surface area contributed by atoms with Crippen molar-refractivity contribution < 1.29 is 13.2 Å². The van der Waals surface area contributed by atoms with Gasteiger partial charge in [0.1, 0.15) is 12.4 Å². The summed E-state index contributed by atoms with van der Waals surface area (Å²) in [6, 6.07) is 7.97. The second-order valence-corrected chi connectivity index (χ2v) is 8.51. The zero-order chi connectivity index (χ0) is 17.6. The lowest BCUT2D eigenvalue weighted by Gasteiger charge is -2.17. The lowest BCUT2D eigenvalue weighted by atomic mass is 10.0. The molecule has 1 unspecified atom stereocenters. The van der Waals surface area contributed by atoms with Gasteiger partial charge in [-0.25, -0.2) is 8.42 Å². The molecule has 2 rings (SSSR count). The normalized spacial score (nSPS) is 20.2. The Balaban J connectivity index is 1.77. The van der Waals surface area contributed by atoms with E-state index in [1.165, 1.54) is 5.56 Å². The molecule has 134 valence electrons. The van der Waals surface area contributed by atoms with Gasteiger partial charge in [0.05, 0.1) is 18.1 Å². The van der Waals surface area contributed by atoms with Gasteiger partial charge in [-0.1, -0.05) is 32.0 Å². The maximum atomic E-state index is 11.5. The fourth-order valence-electron chi connectivity index (χ4n) is 2.72. The van der Waals surface area contributed by atoms with E-state index in [9.17, 15) is 8.42 Å². The number of guanidine groups is 1. The van der Waals surface area contributed by atoms with Gasteiger partial charge in [0, 0.05) is 13.1 Å². The minimum absolute atomic E-state index is 0.0659. The fraction of sp³-hybridized carbons (Fsp3) is 0.588. The summed E-state index contributed by atoms with van der Waals surface area (Å²) in [7, 11) is -1.22. The van der Waals surface area contributed by atoms with Crippen molar-refractivity contribution in [3.8, 4) is 5.75 Å². The first-order valence-electron chi connectivity index (χ1n) is 8.30. The molecular weight excluding hydrogens is 326 g/mol. The molecule has 1 saturated heterocycles. The summed E-state index contributed by atoms with van der Waals surface area (Å²) in [5.41, 5.74) is 1.19. The van der Waals surface area contributed by atoms with Crippen LogP contribution < -0.4 is 15.4 Å². The van der Waals surface area contributed by atoms with Crippen LogP contribution in [0.25, 0.3) is 0 Å². The van der Waals surface area contributed by atoms with Crippen molar-refractivity contribution in [1.29, 1.82) is 0 Å². The van der Waals surface area contributed by atoms with Gasteiger partial charge in [-0.2, -0.15) is 0 Å². The third-order valence-corrected chi connectivity index (χ3v) is 5.76. The molecule has 6 nitrogen and oxygen atoms in total. The molecule has 0 bridgehead atoms. The number of hydrogen-bond acceptors (Lipinski definition) is 4. The smallest absolute Gasteiger partial charge is 0.191 e. The maximum Gasteiger partial charge on any atom is 0.191 e. The first-order valence-corrected chi connectivity index (χ1v) is 10.1. The SMILES string of the molecule is CN=C(NCCOc1ccccc1C(C)C)NC1CCS(=O)(=O)C1. The summed E-state index contributed by atoms with van der Waals surface area (Å²) in [4.78, 5) is 4.13. The molecule has 2 N–H and O–H groups in total. The summed E-state index contributed by atoms with van der Waals surface area (Å²) >= 11 is 0. The topological polar surface area (TPSA) is 79.8 Å². The van der Waals surface area contributed by atoms with Crippen LogP contribution >= 0.6 is 0 Å². The molecule has 1 aliphatic rings. The number of hydrogen-bond donors (Lipinski definition) is 2. The third-order valence-electron chi connectivity index (χ3n) is 3.99. The summed E-state index contributed by atoms with van der Waals surface area (Å²) < 4.78 is 28.8. The van der Waals surface area contributed by atoms with E-state index in [0.717, 1.165) is 5.75 Å². The second-order valence-electron chi connectivity index (χ2n) is 6.28. The molecule has 1 aromatic carbocycles. The number of rotatable bonds is 6. The maximum absolute atomic E-state index is 11.5. The molecule has 1 atom stereocenters. The predicted molar refractivity (Wildman–Crippen MR) is 97.6 cm³/mol. The van der Waals surface area contributed by atoms with Crippen LogP contribution in [0.5, 0.6) is 5.75 Å². The Kier molecular flexibility index (Phi) is 6.48. The molecule has 7 heteroatoms. The Morgan fingerprint density at radius 2 is 2.12 bits per heavy atom. The molecule has 1 fully saturated rings. The first-order chi connectivity index (χ1) is 11.4. The molecule has 1 aromatic rings. The van der Waals surface area contributed by atoms with Crippen molar-refractivity contribution in [1.82, 2.24) is 10.6 Å². The summed E-state index contributed by atoms with van der Waals surface area (Å²) in [5, 5.41) is 6.32. The molecular formula is C17H27N3O3S. The number of nitrogens with one attached hydrogen (secondary N) is 2. The average molecular weight is 353 g/mol. The summed E-state index contributed by atoms with van der Waals surface area (Å²) in [6.45, 7) is 5.38. The Morgan fingerprint density at radius 1 is 1.38 bits per heavy atom. The van der Waals surface area contributed by atoms with Crippen molar-refractivity contribution >= 4 is 15.8 Å². The van der Waals surface area contributed by atoms with Gasteiger partial charge in [0.15, 0.2) is 15.8 Å². The van der Waals surface area contributed by atoms with E-state index in [4.69, 9.17) is 4.74 Å². The highest BCUT2D eigenvalue weighted by Crippen LogP contribution is 2.25. The molecule has 0 aromatic heterocycles. The van der Waals surface area contributed by atoms with Gasteiger partial charge in [-0.15, -0.1) is 0 Å². The lowest BCUT2D eigenvalue weighted by Crippen LogP contribution is -2.45. The Morgan fingerprint density at radius 3 is 2.75 bits per heavy atom. The Hall–Kier alpha value is -1.76. The Bertz CT molecular complexity index is 671. The largest absolute Gasteiger partial charge is 0.491 e. The molecule has 0 radical (unpaired) electrons. The van der Waals surface area contributed by atoms with Gasteiger partial charge < -0.3 is 15.4 Å². The molecule has 0 saturated carbocycles. The van der Waals surface area contributed by atoms with E-state index in [2.05, 4.69) is 35.5 Å². The van der Waals surface area contributed by atoms with Gasteiger partial charge in [-0.3, -0.25) is 4.99 Å². The first kappa shape index (κ1) is 18.6. The lowest BCUT2D eigenvalue weighted by molar-refractivity contribution is 0.317.